The number of nitro groups is 1. The maximum atomic E-state index is 11.6. The summed E-state index contributed by atoms with van der Waals surface area (Å²) >= 11 is 0. The number of hydrogen-bond donors (Lipinski definition) is 1. The van der Waals surface area contributed by atoms with Crippen molar-refractivity contribution in [1.82, 2.24) is 4.57 Å². The molecule has 0 aliphatic rings. The van der Waals surface area contributed by atoms with Gasteiger partial charge in [-0.1, -0.05) is 0 Å². The molecule has 0 fully saturated rings. The number of aromatic nitrogens is 1. The summed E-state index contributed by atoms with van der Waals surface area (Å²) in [7, 11) is 0. The summed E-state index contributed by atoms with van der Waals surface area (Å²) in [5.74, 6) is -1.06. The van der Waals surface area contributed by atoms with Crippen molar-refractivity contribution in [2.24, 2.45) is 0 Å². The minimum Gasteiger partial charge on any atom is -0.481 e. The highest BCUT2D eigenvalue weighted by Crippen LogP contribution is 2.06. The van der Waals surface area contributed by atoms with Crippen molar-refractivity contribution in [2.45, 2.75) is 19.9 Å². The second kappa shape index (κ2) is 4.56. The van der Waals surface area contributed by atoms with E-state index in [0.29, 0.717) is 5.69 Å². The number of rotatable bonds is 4. The van der Waals surface area contributed by atoms with Crippen molar-refractivity contribution in [1.29, 1.82) is 0 Å². The Bertz CT molecular complexity index is 491. The van der Waals surface area contributed by atoms with Crippen LogP contribution in [-0.4, -0.2) is 20.6 Å². The molecule has 0 aromatic carbocycles. The Hall–Kier alpha value is -2.18. The molecule has 7 heteroatoms. The lowest BCUT2D eigenvalue weighted by Gasteiger charge is -2.07. The van der Waals surface area contributed by atoms with Crippen LogP contribution in [0.3, 0.4) is 0 Å². The zero-order valence-electron chi connectivity index (χ0n) is 8.54. The van der Waals surface area contributed by atoms with Gasteiger partial charge in [0, 0.05) is 18.3 Å². The molecule has 0 aliphatic carbocycles. The quantitative estimate of drug-likeness (QED) is 0.596. The van der Waals surface area contributed by atoms with Crippen molar-refractivity contribution in [3.63, 3.8) is 0 Å². The second-order valence-electron chi connectivity index (χ2n) is 3.22. The number of nitrogens with zero attached hydrogens (tertiary/aromatic N) is 2. The van der Waals surface area contributed by atoms with Gasteiger partial charge in [-0.15, -0.1) is 0 Å². The molecule has 0 saturated heterocycles. The summed E-state index contributed by atoms with van der Waals surface area (Å²) in [4.78, 5) is 31.7. The fourth-order valence-corrected chi connectivity index (χ4v) is 1.28. The van der Waals surface area contributed by atoms with Crippen LogP contribution in [0.2, 0.25) is 0 Å². The topological polar surface area (TPSA) is 102 Å². The predicted octanol–water partition coefficient (Wildman–Crippen LogP) is 0.540. The average molecular weight is 226 g/mol. The fourth-order valence-electron chi connectivity index (χ4n) is 1.28. The SMILES string of the molecule is Cc1ccc([N+](=O)[O-])c(=O)n1CCC(=O)O. The highest BCUT2D eigenvalue weighted by atomic mass is 16.6. The van der Waals surface area contributed by atoms with Gasteiger partial charge in [-0.25, -0.2) is 0 Å². The number of carbonyl (C=O) groups is 1. The molecule has 0 saturated carbocycles. The summed E-state index contributed by atoms with van der Waals surface area (Å²) in [6, 6.07) is 2.54. The van der Waals surface area contributed by atoms with E-state index in [1.807, 2.05) is 0 Å². The molecule has 0 aliphatic heterocycles. The first-order valence-corrected chi connectivity index (χ1v) is 4.50. The molecule has 7 nitrogen and oxygen atoms in total. The van der Waals surface area contributed by atoms with E-state index in [9.17, 15) is 19.7 Å². The molecule has 1 N–H and O–H groups in total. The Morgan fingerprint density at radius 2 is 2.19 bits per heavy atom. The normalized spacial score (nSPS) is 10.1. The minimum absolute atomic E-state index is 0.0678. The summed E-state index contributed by atoms with van der Waals surface area (Å²) in [6.45, 7) is 1.52. The molecule has 0 atom stereocenters. The van der Waals surface area contributed by atoms with Gasteiger partial charge in [-0.05, 0) is 13.0 Å². The van der Waals surface area contributed by atoms with Crippen LogP contribution in [0.25, 0.3) is 0 Å². The van der Waals surface area contributed by atoms with Crippen molar-refractivity contribution in [3.05, 3.63) is 38.3 Å². The van der Waals surface area contributed by atoms with Gasteiger partial charge in [0.2, 0.25) is 0 Å². The molecule has 0 bridgehead atoms. The van der Waals surface area contributed by atoms with Gasteiger partial charge in [0.1, 0.15) is 0 Å². The minimum atomic E-state index is -1.06. The van der Waals surface area contributed by atoms with Gasteiger partial charge in [-0.3, -0.25) is 19.7 Å². The molecule has 0 radical (unpaired) electrons. The third kappa shape index (κ3) is 2.44. The molecule has 1 aromatic rings. The number of pyridine rings is 1. The number of hydrogen-bond acceptors (Lipinski definition) is 4. The van der Waals surface area contributed by atoms with E-state index in [1.54, 1.807) is 6.92 Å². The van der Waals surface area contributed by atoms with Gasteiger partial charge in [0.15, 0.2) is 0 Å². The van der Waals surface area contributed by atoms with E-state index in [4.69, 9.17) is 5.11 Å². The van der Waals surface area contributed by atoms with E-state index in [0.717, 1.165) is 10.6 Å². The molecule has 0 amide bonds. The first kappa shape index (κ1) is 11.9. The average Bonchev–Trinajstić information content (AvgIpc) is 2.16. The van der Waals surface area contributed by atoms with Gasteiger partial charge in [0.25, 0.3) is 0 Å². The molecule has 0 unspecified atom stereocenters. The smallest absolute Gasteiger partial charge is 0.334 e. The van der Waals surface area contributed by atoms with Gasteiger partial charge >= 0.3 is 17.2 Å². The third-order valence-electron chi connectivity index (χ3n) is 2.12. The number of carboxylic acid groups (broad SMARTS) is 1. The summed E-state index contributed by atoms with van der Waals surface area (Å²) in [6.07, 6.45) is -0.248. The molecule has 86 valence electrons. The molecule has 1 aromatic heterocycles. The lowest BCUT2D eigenvalue weighted by molar-refractivity contribution is -0.386. The standard InChI is InChI=1S/C9H10N2O5/c1-6-2-3-7(11(15)16)9(14)10(6)5-4-8(12)13/h2-3H,4-5H2,1H3,(H,12,13). The molecule has 0 spiro atoms. The van der Waals surface area contributed by atoms with Gasteiger partial charge in [-0.2, -0.15) is 0 Å². The first-order valence-electron chi connectivity index (χ1n) is 4.50. The molecule has 1 heterocycles. The molecule has 16 heavy (non-hydrogen) atoms. The number of carboxylic acids is 1. The Balaban J connectivity index is 3.16. The maximum absolute atomic E-state index is 11.6. The van der Waals surface area contributed by atoms with Crippen LogP contribution in [-0.2, 0) is 11.3 Å². The Kier molecular flexibility index (Phi) is 3.39. The largest absolute Gasteiger partial charge is 0.481 e. The van der Waals surface area contributed by atoms with Crippen molar-refractivity contribution in [2.75, 3.05) is 0 Å². The predicted molar refractivity (Wildman–Crippen MR) is 54.3 cm³/mol. The van der Waals surface area contributed by atoms with Crippen LogP contribution < -0.4 is 5.56 Å². The van der Waals surface area contributed by atoms with E-state index < -0.39 is 22.1 Å². The lowest BCUT2D eigenvalue weighted by Crippen LogP contribution is -2.25. The maximum Gasteiger partial charge on any atom is 0.334 e. The van der Waals surface area contributed by atoms with Crippen LogP contribution >= 0.6 is 0 Å². The van der Waals surface area contributed by atoms with Crippen LogP contribution in [0.15, 0.2) is 16.9 Å². The van der Waals surface area contributed by atoms with Crippen LogP contribution in [0.1, 0.15) is 12.1 Å². The first-order chi connectivity index (χ1) is 7.43. The Morgan fingerprint density at radius 1 is 1.56 bits per heavy atom. The van der Waals surface area contributed by atoms with E-state index in [1.165, 1.54) is 6.07 Å². The van der Waals surface area contributed by atoms with Crippen molar-refractivity contribution in [3.8, 4) is 0 Å². The van der Waals surface area contributed by atoms with E-state index in [-0.39, 0.29) is 13.0 Å². The van der Waals surface area contributed by atoms with Gasteiger partial charge < -0.3 is 9.67 Å². The van der Waals surface area contributed by atoms with Crippen LogP contribution in [0, 0.1) is 17.0 Å². The second-order valence-corrected chi connectivity index (χ2v) is 3.22. The zero-order valence-corrected chi connectivity index (χ0v) is 8.54. The van der Waals surface area contributed by atoms with E-state index >= 15 is 0 Å². The van der Waals surface area contributed by atoms with Crippen molar-refractivity contribution < 1.29 is 14.8 Å². The number of aliphatic carboxylic acids is 1. The molecular formula is C9H10N2O5. The zero-order chi connectivity index (χ0) is 12.3. The Morgan fingerprint density at radius 3 is 2.69 bits per heavy atom. The molecule has 1 rings (SSSR count). The highest BCUT2D eigenvalue weighted by molar-refractivity contribution is 5.66. The van der Waals surface area contributed by atoms with E-state index in [2.05, 4.69) is 0 Å². The fraction of sp³-hybridized carbons (Fsp3) is 0.333. The molecular weight excluding hydrogens is 216 g/mol. The summed E-state index contributed by atoms with van der Waals surface area (Å²) in [5, 5.41) is 19.0. The Labute approximate surface area is 90.1 Å². The summed E-state index contributed by atoms with van der Waals surface area (Å²) in [5.41, 5.74) is -0.820. The van der Waals surface area contributed by atoms with Crippen LogP contribution in [0.4, 0.5) is 5.69 Å². The van der Waals surface area contributed by atoms with Crippen molar-refractivity contribution >= 4 is 11.7 Å². The lowest BCUT2D eigenvalue weighted by atomic mass is 10.3. The summed E-state index contributed by atoms with van der Waals surface area (Å²) < 4.78 is 1.09. The monoisotopic (exact) mass is 226 g/mol. The highest BCUT2D eigenvalue weighted by Gasteiger charge is 2.15. The van der Waals surface area contributed by atoms with Gasteiger partial charge in [0.05, 0.1) is 11.3 Å². The van der Waals surface area contributed by atoms with Crippen LogP contribution in [0.5, 0.6) is 0 Å². The number of aryl methyl sites for hydroxylation is 1. The third-order valence-corrected chi connectivity index (χ3v) is 2.12.